The largest absolute Gasteiger partial charge is 0.451 e. The maximum atomic E-state index is 12.7. The van der Waals surface area contributed by atoms with Gasteiger partial charge in [-0.1, -0.05) is 61.5 Å². The van der Waals surface area contributed by atoms with Crippen LogP contribution in [0.4, 0.5) is 0 Å². The van der Waals surface area contributed by atoms with Gasteiger partial charge in [-0.05, 0) is 47.4 Å². The van der Waals surface area contributed by atoms with Gasteiger partial charge < -0.3 is 9.73 Å². The second kappa shape index (κ2) is 6.68. The van der Waals surface area contributed by atoms with Crippen LogP contribution in [0.2, 0.25) is 0 Å². The number of rotatable bonds is 4. The summed E-state index contributed by atoms with van der Waals surface area (Å²) in [5, 5.41) is 6.22. The molecule has 3 nitrogen and oxygen atoms in total. The first-order valence-electron chi connectivity index (χ1n) is 8.96. The molecule has 4 rings (SSSR count). The van der Waals surface area contributed by atoms with Gasteiger partial charge in [0.15, 0.2) is 5.76 Å². The highest BCUT2D eigenvalue weighted by Gasteiger charge is 2.16. The molecule has 0 saturated carbocycles. The summed E-state index contributed by atoms with van der Waals surface area (Å²) in [4.78, 5) is 12.7. The summed E-state index contributed by atoms with van der Waals surface area (Å²) >= 11 is 0. The van der Waals surface area contributed by atoms with Gasteiger partial charge in [0.25, 0.3) is 5.91 Å². The highest BCUT2D eigenvalue weighted by Crippen LogP contribution is 2.28. The van der Waals surface area contributed by atoms with Gasteiger partial charge in [0, 0.05) is 5.39 Å². The quantitative estimate of drug-likeness (QED) is 0.521. The van der Waals surface area contributed by atoms with Crippen molar-refractivity contribution in [2.75, 3.05) is 0 Å². The molecule has 0 saturated heterocycles. The van der Waals surface area contributed by atoms with Gasteiger partial charge in [-0.2, -0.15) is 0 Å². The summed E-state index contributed by atoms with van der Waals surface area (Å²) in [5.74, 6) is 0.144. The van der Waals surface area contributed by atoms with Crippen LogP contribution < -0.4 is 5.32 Å². The van der Waals surface area contributed by atoms with E-state index in [-0.39, 0.29) is 11.9 Å². The SMILES string of the molecule is CCc1ccc([C@H](C)NC(=O)c2cc3c(ccc4ccccc43)o2)cc1. The summed E-state index contributed by atoms with van der Waals surface area (Å²) < 4.78 is 5.80. The summed E-state index contributed by atoms with van der Waals surface area (Å²) in [6, 6.07) is 22.1. The Morgan fingerprint density at radius 3 is 2.54 bits per heavy atom. The Bertz CT molecular complexity index is 1080. The van der Waals surface area contributed by atoms with E-state index in [1.165, 1.54) is 5.56 Å². The number of furan rings is 1. The zero-order valence-electron chi connectivity index (χ0n) is 15.0. The van der Waals surface area contributed by atoms with E-state index in [0.29, 0.717) is 5.76 Å². The Morgan fingerprint density at radius 1 is 1.00 bits per heavy atom. The van der Waals surface area contributed by atoms with Crippen molar-refractivity contribution in [3.8, 4) is 0 Å². The van der Waals surface area contributed by atoms with E-state index in [2.05, 4.69) is 42.6 Å². The molecule has 0 aliphatic rings. The molecule has 0 radical (unpaired) electrons. The van der Waals surface area contributed by atoms with E-state index in [9.17, 15) is 4.79 Å². The van der Waals surface area contributed by atoms with Gasteiger partial charge in [0.1, 0.15) is 5.58 Å². The van der Waals surface area contributed by atoms with Crippen LogP contribution in [-0.4, -0.2) is 5.91 Å². The number of carbonyl (C=O) groups is 1. The van der Waals surface area contributed by atoms with Crippen LogP contribution in [0.1, 0.15) is 41.6 Å². The van der Waals surface area contributed by atoms with Crippen LogP contribution in [0.25, 0.3) is 21.7 Å². The normalized spacial score (nSPS) is 12.4. The average molecular weight is 343 g/mol. The van der Waals surface area contributed by atoms with Crippen LogP contribution >= 0.6 is 0 Å². The maximum absolute atomic E-state index is 12.7. The van der Waals surface area contributed by atoms with Crippen LogP contribution in [-0.2, 0) is 6.42 Å². The highest BCUT2D eigenvalue weighted by atomic mass is 16.3. The zero-order valence-corrected chi connectivity index (χ0v) is 15.0. The van der Waals surface area contributed by atoms with E-state index in [1.54, 1.807) is 0 Å². The fourth-order valence-corrected chi connectivity index (χ4v) is 3.30. The van der Waals surface area contributed by atoms with Crippen molar-refractivity contribution < 1.29 is 9.21 Å². The molecule has 1 aromatic heterocycles. The highest BCUT2D eigenvalue weighted by molar-refractivity contribution is 6.08. The lowest BCUT2D eigenvalue weighted by Crippen LogP contribution is -2.26. The smallest absolute Gasteiger partial charge is 0.287 e. The van der Waals surface area contributed by atoms with Crippen molar-refractivity contribution in [2.24, 2.45) is 0 Å². The lowest BCUT2D eigenvalue weighted by Gasteiger charge is -2.13. The van der Waals surface area contributed by atoms with Gasteiger partial charge >= 0.3 is 0 Å². The first-order valence-corrected chi connectivity index (χ1v) is 8.96. The van der Waals surface area contributed by atoms with Crippen molar-refractivity contribution in [2.45, 2.75) is 26.3 Å². The molecule has 130 valence electrons. The molecule has 0 aliphatic carbocycles. The summed E-state index contributed by atoms with van der Waals surface area (Å²) in [6.45, 7) is 4.11. The van der Waals surface area contributed by atoms with Crippen molar-refractivity contribution in [3.63, 3.8) is 0 Å². The molecule has 0 spiro atoms. The van der Waals surface area contributed by atoms with Gasteiger partial charge in [-0.3, -0.25) is 4.79 Å². The van der Waals surface area contributed by atoms with Crippen LogP contribution in [0.3, 0.4) is 0 Å². The third kappa shape index (κ3) is 2.97. The van der Waals surface area contributed by atoms with Crippen molar-refractivity contribution >= 4 is 27.6 Å². The number of nitrogens with one attached hydrogen (secondary N) is 1. The summed E-state index contributed by atoms with van der Waals surface area (Å²) in [6.07, 6.45) is 1.01. The first-order chi connectivity index (χ1) is 12.7. The minimum Gasteiger partial charge on any atom is -0.451 e. The van der Waals surface area contributed by atoms with E-state index in [0.717, 1.165) is 33.7 Å². The Balaban J connectivity index is 1.60. The maximum Gasteiger partial charge on any atom is 0.287 e. The molecular weight excluding hydrogens is 322 g/mol. The van der Waals surface area contributed by atoms with Crippen molar-refractivity contribution in [1.29, 1.82) is 0 Å². The minimum absolute atomic E-state index is 0.0848. The standard InChI is InChI=1S/C23H21NO2/c1-3-16-8-10-17(11-9-16)15(2)24-23(25)22-14-20-19-7-5-4-6-18(19)12-13-21(20)26-22/h4-15H,3H2,1-2H3,(H,24,25)/t15-/m0/s1. The number of aryl methyl sites for hydroxylation is 1. The predicted octanol–water partition coefficient (Wildman–Crippen LogP) is 5.64. The Kier molecular flexibility index (Phi) is 4.21. The molecule has 3 aromatic carbocycles. The number of benzene rings is 3. The predicted molar refractivity (Wildman–Crippen MR) is 105 cm³/mol. The second-order valence-corrected chi connectivity index (χ2v) is 6.60. The molecule has 0 fully saturated rings. The third-order valence-electron chi connectivity index (χ3n) is 4.89. The molecule has 4 aromatic rings. The van der Waals surface area contributed by atoms with E-state index in [1.807, 2.05) is 43.3 Å². The molecule has 0 bridgehead atoms. The van der Waals surface area contributed by atoms with Crippen LogP contribution in [0.15, 0.2) is 71.1 Å². The second-order valence-electron chi connectivity index (χ2n) is 6.60. The average Bonchev–Trinajstić information content (AvgIpc) is 3.13. The molecular formula is C23H21NO2. The summed E-state index contributed by atoms with van der Waals surface area (Å²) in [5.41, 5.74) is 3.10. The summed E-state index contributed by atoms with van der Waals surface area (Å²) in [7, 11) is 0. The van der Waals surface area contributed by atoms with Gasteiger partial charge in [0.2, 0.25) is 0 Å². The zero-order chi connectivity index (χ0) is 18.1. The molecule has 1 heterocycles. The van der Waals surface area contributed by atoms with Crippen LogP contribution in [0, 0.1) is 0 Å². The molecule has 3 heteroatoms. The lowest BCUT2D eigenvalue weighted by atomic mass is 10.0. The van der Waals surface area contributed by atoms with Gasteiger partial charge in [-0.25, -0.2) is 0 Å². The van der Waals surface area contributed by atoms with Crippen LogP contribution in [0.5, 0.6) is 0 Å². The fraction of sp³-hybridized carbons (Fsp3) is 0.174. The molecule has 0 aliphatic heterocycles. The number of hydrogen-bond acceptors (Lipinski definition) is 2. The number of amides is 1. The van der Waals surface area contributed by atoms with Gasteiger partial charge in [-0.15, -0.1) is 0 Å². The number of carbonyl (C=O) groups excluding carboxylic acids is 1. The minimum atomic E-state index is -0.197. The third-order valence-corrected chi connectivity index (χ3v) is 4.89. The monoisotopic (exact) mass is 343 g/mol. The lowest BCUT2D eigenvalue weighted by molar-refractivity contribution is 0.0914. The fourth-order valence-electron chi connectivity index (χ4n) is 3.30. The molecule has 0 unspecified atom stereocenters. The number of hydrogen-bond donors (Lipinski definition) is 1. The van der Waals surface area contributed by atoms with E-state index in [4.69, 9.17) is 4.42 Å². The Labute approximate surface area is 152 Å². The molecule has 26 heavy (non-hydrogen) atoms. The first kappa shape index (κ1) is 16.4. The molecule has 1 N–H and O–H groups in total. The molecule has 1 amide bonds. The Hall–Kier alpha value is -3.07. The van der Waals surface area contributed by atoms with Crippen molar-refractivity contribution in [3.05, 3.63) is 83.6 Å². The van der Waals surface area contributed by atoms with E-state index >= 15 is 0 Å². The van der Waals surface area contributed by atoms with Crippen molar-refractivity contribution in [1.82, 2.24) is 5.32 Å². The van der Waals surface area contributed by atoms with E-state index < -0.39 is 0 Å². The number of fused-ring (bicyclic) bond motifs is 3. The van der Waals surface area contributed by atoms with Gasteiger partial charge in [0.05, 0.1) is 6.04 Å². The Morgan fingerprint density at radius 2 is 1.77 bits per heavy atom. The topological polar surface area (TPSA) is 42.2 Å². The molecule has 1 atom stereocenters.